The van der Waals surface area contributed by atoms with Gasteiger partial charge in [0.2, 0.25) is 0 Å². The average molecular weight is 446 g/mol. The van der Waals surface area contributed by atoms with Gasteiger partial charge >= 0.3 is 0 Å². The molecule has 1 atom stereocenters. The summed E-state index contributed by atoms with van der Waals surface area (Å²) < 4.78 is 2.13. The summed E-state index contributed by atoms with van der Waals surface area (Å²) in [5.74, 6) is 0.996. The van der Waals surface area contributed by atoms with Crippen LogP contribution in [-0.2, 0) is 6.54 Å². The molecular weight excluding hydrogens is 410 g/mol. The van der Waals surface area contributed by atoms with Gasteiger partial charge in [0.25, 0.3) is 0 Å². The van der Waals surface area contributed by atoms with E-state index >= 15 is 0 Å². The minimum atomic E-state index is 0.0793. The largest absolute Gasteiger partial charge is 0.378 e. The third-order valence-corrected chi connectivity index (χ3v) is 7.18. The highest BCUT2D eigenvalue weighted by Gasteiger charge is 2.33. The van der Waals surface area contributed by atoms with E-state index < -0.39 is 0 Å². The molecule has 2 fully saturated rings. The van der Waals surface area contributed by atoms with Gasteiger partial charge in [-0.25, -0.2) is 4.68 Å². The first kappa shape index (κ1) is 22.0. The van der Waals surface area contributed by atoms with E-state index in [9.17, 15) is 0 Å². The number of anilines is 1. The summed E-state index contributed by atoms with van der Waals surface area (Å²) >= 11 is 0. The molecule has 7 nitrogen and oxygen atoms in total. The normalized spacial score (nSPS) is 19.1. The zero-order chi connectivity index (χ0) is 22.6. The molecule has 2 aliphatic rings. The van der Waals surface area contributed by atoms with Crippen LogP contribution < -0.4 is 4.90 Å². The van der Waals surface area contributed by atoms with Crippen molar-refractivity contribution < 1.29 is 0 Å². The molecule has 0 radical (unpaired) electrons. The number of hydrogen-bond donors (Lipinski definition) is 0. The summed E-state index contributed by atoms with van der Waals surface area (Å²) in [7, 11) is 4.16. The Morgan fingerprint density at radius 2 is 1.61 bits per heavy atom. The van der Waals surface area contributed by atoms with Crippen LogP contribution in [0.5, 0.6) is 0 Å². The van der Waals surface area contributed by atoms with Gasteiger partial charge in [0.05, 0.1) is 12.1 Å². The molecule has 0 amide bonds. The highest BCUT2D eigenvalue weighted by atomic mass is 15.6. The summed E-state index contributed by atoms with van der Waals surface area (Å²) in [6.07, 6.45) is 4.89. The predicted octanol–water partition coefficient (Wildman–Crippen LogP) is 3.76. The van der Waals surface area contributed by atoms with E-state index in [0.717, 1.165) is 38.5 Å². The molecule has 33 heavy (non-hydrogen) atoms. The van der Waals surface area contributed by atoms with Crippen LogP contribution in [0.15, 0.2) is 54.6 Å². The predicted molar refractivity (Wildman–Crippen MR) is 131 cm³/mol. The van der Waals surface area contributed by atoms with Gasteiger partial charge in [0.15, 0.2) is 5.82 Å². The third-order valence-electron chi connectivity index (χ3n) is 7.18. The first-order chi connectivity index (χ1) is 16.2. The van der Waals surface area contributed by atoms with Crippen molar-refractivity contribution in [2.24, 2.45) is 0 Å². The van der Waals surface area contributed by atoms with Crippen molar-refractivity contribution in [3.05, 3.63) is 71.5 Å². The summed E-state index contributed by atoms with van der Waals surface area (Å²) in [5, 5.41) is 13.2. The highest BCUT2D eigenvalue weighted by molar-refractivity contribution is 5.47. The lowest BCUT2D eigenvalue weighted by atomic mass is 10.0. The molecule has 1 saturated carbocycles. The Morgan fingerprint density at radius 3 is 2.27 bits per heavy atom. The summed E-state index contributed by atoms with van der Waals surface area (Å²) in [5.41, 5.74) is 3.86. The van der Waals surface area contributed by atoms with Gasteiger partial charge in [-0.15, -0.1) is 5.10 Å². The second-order valence-corrected chi connectivity index (χ2v) is 9.61. The molecule has 5 rings (SSSR count). The topological polar surface area (TPSA) is 53.3 Å². The second kappa shape index (κ2) is 10.0. The minimum Gasteiger partial charge on any atom is -0.378 e. The van der Waals surface area contributed by atoms with Gasteiger partial charge in [-0.3, -0.25) is 9.80 Å². The molecular formula is C26H35N7. The molecule has 0 N–H and O–H groups in total. The molecule has 1 aromatic heterocycles. The molecule has 0 unspecified atom stereocenters. The maximum atomic E-state index is 4.59. The number of rotatable bonds is 7. The van der Waals surface area contributed by atoms with E-state index in [1.807, 2.05) is 0 Å². The molecule has 2 aromatic carbocycles. The Kier molecular flexibility index (Phi) is 6.69. The minimum absolute atomic E-state index is 0.0793. The van der Waals surface area contributed by atoms with Crippen molar-refractivity contribution in [2.75, 3.05) is 45.2 Å². The summed E-state index contributed by atoms with van der Waals surface area (Å²) in [4.78, 5) is 7.27. The number of benzene rings is 2. The molecule has 7 heteroatoms. The van der Waals surface area contributed by atoms with Gasteiger partial charge in [-0.1, -0.05) is 55.3 Å². The maximum Gasteiger partial charge on any atom is 0.173 e. The van der Waals surface area contributed by atoms with Crippen molar-refractivity contribution in [1.29, 1.82) is 0 Å². The van der Waals surface area contributed by atoms with Gasteiger partial charge < -0.3 is 4.90 Å². The van der Waals surface area contributed by atoms with E-state index in [4.69, 9.17) is 0 Å². The van der Waals surface area contributed by atoms with Crippen molar-refractivity contribution in [1.82, 2.24) is 30.0 Å². The Bertz CT molecular complexity index is 1000. The lowest BCUT2D eigenvalue weighted by Gasteiger charge is -2.39. The number of piperazine rings is 1. The molecule has 2 heterocycles. The van der Waals surface area contributed by atoms with Gasteiger partial charge in [0.1, 0.15) is 0 Å². The average Bonchev–Trinajstić information content (AvgIpc) is 3.54. The van der Waals surface area contributed by atoms with Crippen LogP contribution in [0.3, 0.4) is 0 Å². The quantitative estimate of drug-likeness (QED) is 0.552. The zero-order valence-electron chi connectivity index (χ0n) is 19.8. The van der Waals surface area contributed by atoms with Crippen LogP contribution in [0.1, 0.15) is 54.7 Å². The second-order valence-electron chi connectivity index (χ2n) is 9.61. The first-order valence-electron chi connectivity index (χ1n) is 12.2. The Morgan fingerprint density at radius 1 is 0.909 bits per heavy atom. The van der Waals surface area contributed by atoms with Crippen LogP contribution >= 0.6 is 0 Å². The standard InChI is InChI=1S/C26H35N7/c1-30(2)23-14-12-22(13-15-23)25(26-27-28-29-33(26)24-10-6-7-11-24)32-18-16-31(17-19-32)20-21-8-4-3-5-9-21/h3-5,8-9,12-15,24-25H,6-7,10-11,16-20H2,1-2H3/t25-/m0/s1. The highest BCUT2D eigenvalue weighted by Crippen LogP contribution is 2.35. The van der Waals surface area contributed by atoms with Crippen LogP contribution in [-0.4, -0.2) is 70.3 Å². The van der Waals surface area contributed by atoms with E-state index in [2.05, 4.69) is 104 Å². The lowest BCUT2D eigenvalue weighted by molar-refractivity contribution is 0.0993. The summed E-state index contributed by atoms with van der Waals surface area (Å²) in [6, 6.07) is 20.2. The molecule has 1 aliphatic heterocycles. The van der Waals surface area contributed by atoms with Crippen molar-refractivity contribution in [3.8, 4) is 0 Å². The fraction of sp³-hybridized carbons (Fsp3) is 0.500. The van der Waals surface area contributed by atoms with E-state index in [0.29, 0.717) is 6.04 Å². The molecule has 0 bridgehead atoms. The van der Waals surface area contributed by atoms with Crippen LogP contribution in [0.25, 0.3) is 0 Å². The monoisotopic (exact) mass is 445 g/mol. The Labute approximate surface area is 197 Å². The van der Waals surface area contributed by atoms with Crippen molar-refractivity contribution >= 4 is 5.69 Å². The molecule has 1 saturated heterocycles. The molecule has 0 spiro atoms. The van der Waals surface area contributed by atoms with Crippen molar-refractivity contribution in [2.45, 2.75) is 44.3 Å². The molecule has 3 aromatic rings. The van der Waals surface area contributed by atoms with E-state index in [1.54, 1.807) is 0 Å². The summed E-state index contributed by atoms with van der Waals surface area (Å²) in [6.45, 7) is 5.12. The Balaban J connectivity index is 1.38. The molecule has 174 valence electrons. The van der Waals surface area contributed by atoms with Crippen LogP contribution in [0.4, 0.5) is 5.69 Å². The van der Waals surface area contributed by atoms with Gasteiger partial charge in [-0.05, 0) is 46.5 Å². The van der Waals surface area contributed by atoms with E-state index in [1.165, 1.54) is 42.5 Å². The SMILES string of the molecule is CN(C)c1ccc([C@@H](c2nnnn2C2CCCC2)N2CCN(Cc3ccccc3)CC2)cc1. The number of aromatic nitrogens is 4. The Hall–Kier alpha value is -2.77. The fourth-order valence-electron chi connectivity index (χ4n) is 5.29. The molecule has 1 aliphatic carbocycles. The van der Waals surface area contributed by atoms with Crippen LogP contribution in [0, 0.1) is 0 Å². The van der Waals surface area contributed by atoms with Crippen LogP contribution in [0.2, 0.25) is 0 Å². The van der Waals surface area contributed by atoms with Gasteiger partial charge in [-0.2, -0.15) is 0 Å². The van der Waals surface area contributed by atoms with Crippen molar-refractivity contribution in [3.63, 3.8) is 0 Å². The third kappa shape index (κ3) is 4.94. The fourth-order valence-corrected chi connectivity index (χ4v) is 5.29. The number of hydrogen-bond acceptors (Lipinski definition) is 6. The first-order valence-corrected chi connectivity index (χ1v) is 12.2. The number of tetrazole rings is 1. The zero-order valence-corrected chi connectivity index (χ0v) is 19.8. The van der Waals surface area contributed by atoms with E-state index in [-0.39, 0.29) is 6.04 Å². The smallest absolute Gasteiger partial charge is 0.173 e. The number of nitrogens with zero attached hydrogens (tertiary/aromatic N) is 7. The van der Waals surface area contributed by atoms with Gasteiger partial charge in [0, 0.05) is 52.5 Å². The maximum absolute atomic E-state index is 4.59. The lowest BCUT2D eigenvalue weighted by Crippen LogP contribution is -2.48.